The lowest BCUT2D eigenvalue weighted by atomic mass is 9.91. The monoisotopic (exact) mass is 267 g/mol. The third kappa shape index (κ3) is 2.73. The molecule has 0 atom stereocenters. The fourth-order valence-electron chi connectivity index (χ4n) is 1.53. The molecule has 18 heavy (non-hydrogen) atoms. The average Bonchev–Trinajstić information content (AvgIpc) is 2.93. The molecule has 0 fully saturated rings. The Balaban J connectivity index is 2.27. The van der Waals surface area contributed by atoms with Gasteiger partial charge >= 0.3 is 0 Å². The highest BCUT2D eigenvalue weighted by Gasteiger charge is 2.26. The molecule has 0 aliphatic rings. The van der Waals surface area contributed by atoms with Crippen molar-refractivity contribution in [3.05, 3.63) is 11.5 Å². The van der Waals surface area contributed by atoms with Gasteiger partial charge in [0.05, 0.1) is 5.69 Å². The summed E-state index contributed by atoms with van der Waals surface area (Å²) in [6, 6.07) is 0. The van der Waals surface area contributed by atoms with Gasteiger partial charge in [0.15, 0.2) is 5.82 Å². The van der Waals surface area contributed by atoms with Gasteiger partial charge in [0.1, 0.15) is 4.88 Å². The minimum atomic E-state index is -0.0891. The highest BCUT2D eigenvalue weighted by atomic mass is 32.1. The molecule has 0 amide bonds. The summed E-state index contributed by atoms with van der Waals surface area (Å²) in [5.74, 6) is 1.19. The molecule has 0 saturated carbocycles. The molecule has 0 bridgehead atoms. The third-order valence-corrected chi connectivity index (χ3v) is 3.18. The van der Waals surface area contributed by atoms with E-state index in [9.17, 15) is 0 Å². The van der Waals surface area contributed by atoms with E-state index < -0.39 is 0 Å². The van der Waals surface area contributed by atoms with Gasteiger partial charge in [0.25, 0.3) is 5.89 Å². The van der Waals surface area contributed by atoms with Gasteiger partial charge < -0.3 is 10.3 Å². The van der Waals surface area contributed by atoms with Crippen molar-refractivity contribution in [2.45, 2.75) is 39.0 Å². The van der Waals surface area contributed by atoms with E-state index >= 15 is 0 Å². The molecule has 2 aromatic rings. The quantitative estimate of drug-likeness (QED) is 0.908. The second kappa shape index (κ2) is 5.11. The number of rotatable bonds is 4. The van der Waals surface area contributed by atoms with E-state index in [-0.39, 0.29) is 5.41 Å². The van der Waals surface area contributed by atoms with Crippen molar-refractivity contribution < 1.29 is 4.52 Å². The molecule has 0 unspecified atom stereocenters. The van der Waals surface area contributed by atoms with Crippen LogP contribution in [0.5, 0.6) is 0 Å². The van der Waals surface area contributed by atoms with Crippen LogP contribution in [-0.2, 0) is 11.8 Å². The minimum absolute atomic E-state index is 0.0891. The van der Waals surface area contributed by atoms with Gasteiger partial charge in [-0.15, -0.1) is 5.10 Å². The predicted octanol–water partition coefficient (Wildman–Crippen LogP) is 1.78. The van der Waals surface area contributed by atoms with Gasteiger partial charge in [0.2, 0.25) is 0 Å². The highest BCUT2D eigenvalue weighted by molar-refractivity contribution is 7.09. The molecule has 2 heterocycles. The summed E-state index contributed by atoms with van der Waals surface area (Å²) in [6.07, 6.45) is 1.59. The Morgan fingerprint density at radius 1 is 1.33 bits per heavy atom. The van der Waals surface area contributed by atoms with Crippen molar-refractivity contribution in [2.24, 2.45) is 5.73 Å². The Morgan fingerprint density at radius 2 is 2.11 bits per heavy atom. The van der Waals surface area contributed by atoms with Crippen LogP contribution in [0, 0.1) is 0 Å². The third-order valence-electron chi connectivity index (χ3n) is 2.47. The molecule has 98 valence electrons. The van der Waals surface area contributed by atoms with E-state index in [4.69, 9.17) is 10.3 Å². The van der Waals surface area contributed by atoms with Crippen molar-refractivity contribution in [1.29, 1.82) is 0 Å². The van der Waals surface area contributed by atoms with Gasteiger partial charge in [0, 0.05) is 11.8 Å². The Bertz CT molecular complexity index is 513. The molecule has 6 nitrogen and oxygen atoms in total. The lowest BCUT2D eigenvalue weighted by Crippen LogP contribution is -2.13. The maximum absolute atomic E-state index is 5.45. The van der Waals surface area contributed by atoms with Crippen LogP contribution in [0.25, 0.3) is 10.8 Å². The van der Waals surface area contributed by atoms with E-state index in [0.29, 0.717) is 18.3 Å². The molecule has 0 saturated heterocycles. The molecule has 0 aromatic carbocycles. The van der Waals surface area contributed by atoms with Crippen molar-refractivity contribution in [3.8, 4) is 10.8 Å². The molecule has 0 spiro atoms. The van der Waals surface area contributed by atoms with Crippen LogP contribution < -0.4 is 5.73 Å². The zero-order chi connectivity index (χ0) is 13.2. The van der Waals surface area contributed by atoms with E-state index in [1.807, 2.05) is 0 Å². The Kier molecular flexibility index (Phi) is 3.72. The molecule has 2 rings (SSSR count). The topological polar surface area (TPSA) is 90.7 Å². The first-order valence-electron chi connectivity index (χ1n) is 5.88. The lowest BCUT2D eigenvalue weighted by Gasteiger charge is -2.14. The molecule has 0 radical (unpaired) electrons. The van der Waals surface area contributed by atoms with Crippen molar-refractivity contribution >= 4 is 11.5 Å². The minimum Gasteiger partial charge on any atom is -0.333 e. The van der Waals surface area contributed by atoms with Crippen LogP contribution in [0.15, 0.2) is 4.52 Å². The second-order valence-electron chi connectivity index (χ2n) is 5.11. The molecular weight excluding hydrogens is 250 g/mol. The fourth-order valence-corrected chi connectivity index (χ4v) is 2.33. The van der Waals surface area contributed by atoms with E-state index in [0.717, 1.165) is 23.4 Å². The number of aryl methyl sites for hydroxylation is 1. The summed E-state index contributed by atoms with van der Waals surface area (Å²) in [5, 5.41) is 8.10. The van der Waals surface area contributed by atoms with Crippen LogP contribution in [0.2, 0.25) is 0 Å². The number of hydrogen-bond donors (Lipinski definition) is 1. The highest BCUT2D eigenvalue weighted by Crippen LogP contribution is 2.32. The van der Waals surface area contributed by atoms with E-state index in [1.54, 1.807) is 0 Å². The molecule has 2 N–H and O–H groups in total. The Morgan fingerprint density at radius 3 is 2.78 bits per heavy atom. The average molecular weight is 267 g/mol. The van der Waals surface area contributed by atoms with Gasteiger partial charge in [-0.25, -0.2) is 0 Å². The first kappa shape index (κ1) is 13.1. The summed E-state index contributed by atoms with van der Waals surface area (Å²) < 4.78 is 9.25. The summed E-state index contributed by atoms with van der Waals surface area (Å²) >= 11 is 1.28. The fraction of sp³-hybridized carbons (Fsp3) is 0.636. The standard InChI is InChI=1S/C11H17N5OS/c1-11(2,3)9-8(18-16-14-9)10-13-7(15-17-10)5-4-6-12/h4-6,12H2,1-3H3. The summed E-state index contributed by atoms with van der Waals surface area (Å²) in [7, 11) is 0. The lowest BCUT2D eigenvalue weighted by molar-refractivity contribution is 0.421. The molecule has 2 aromatic heterocycles. The first-order valence-corrected chi connectivity index (χ1v) is 6.65. The van der Waals surface area contributed by atoms with E-state index in [2.05, 4.69) is 40.5 Å². The largest absolute Gasteiger partial charge is 0.333 e. The van der Waals surface area contributed by atoms with Crippen molar-refractivity contribution in [2.75, 3.05) is 6.54 Å². The van der Waals surface area contributed by atoms with Gasteiger partial charge in [-0.3, -0.25) is 0 Å². The normalized spacial score (nSPS) is 12.0. The van der Waals surface area contributed by atoms with Crippen LogP contribution in [0.1, 0.15) is 38.7 Å². The maximum Gasteiger partial charge on any atom is 0.271 e. The molecule has 0 aliphatic heterocycles. The van der Waals surface area contributed by atoms with Crippen molar-refractivity contribution in [3.63, 3.8) is 0 Å². The van der Waals surface area contributed by atoms with Gasteiger partial charge in [-0.1, -0.05) is 30.4 Å². The molecule has 0 aliphatic carbocycles. The summed E-state index contributed by atoms with van der Waals surface area (Å²) in [4.78, 5) is 5.22. The Labute approximate surface area is 110 Å². The van der Waals surface area contributed by atoms with Crippen LogP contribution in [0.3, 0.4) is 0 Å². The smallest absolute Gasteiger partial charge is 0.271 e. The van der Waals surface area contributed by atoms with Crippen LogP contribution >= 0.6 is 11.5 Å². The Hall–Kier alpha value is -1.34. The molecular formula is C11H17N5OS. The van der Waals surface area contributed by atoms with Gasteiger partial charge in [-0.05, 0) is 24.5 Å². The van der Waals surface area contributed by atoms with Gasteiger partial charge in [-0.2, -0.15) is 4.98 Å². The SMILES string of the molecule is CC(C)(C)c1nnsc1-c1nc(CCCN)no1. The van der Waals surface area contributed by atoms with Crippen molar-refractivity contribution in [1.82, 2.24) is 19.7 Å². The van der Waals surface area contributed by atoms with Crippen LogP contribution in [0.4, 0.5) is 0 Å². The molecule has 7 heteroatoms. The number of nitrogens with zero attached hydrogens (tertiary/aromatic N) is 4. The van der Waals surface area contributed by atoms with E-state index in [1.165, 1.54) is 11.5 Å². The number of hydrogen-bond acceptors (Lipinski definition) is 7. The zero-order valence-electron chi connectivity index (χ0n) is 10.8. The summed E-state index contributed by atoms with van der Waals surface area (Å²) in [5.41, 5.74) is 6.26. The predicted molar refractivity (Wildman–Crippen MR) is 69.3 cm³/mol. The number of aromatic nitrogens is 4. The number of nitrogens with two attached hydrogens (primary N) is 1. The zero-order valence-corrected chi connectivity index (χ0v) is 11.6. The summed E-state index contributed by atoms with van der Waals surface area (Å²) in [6.45, 7) is 6.87. The maximum atomic E-state index is 5.45. The van der Waals surface area contributed by atoms with Crippen LogP contribution in [-0.4, -0.2) is 26.3 Å². The first-order chi connectivity index (χ1) is 8.52. The second-order valence-corrected chi connectivity index (χ2v) is 5.86.